The molecule has 0 N–H and O–H groups in total. The van der Waals surface area contributed by atoms with Gasteiger partial charge in [-0.05, 0) is 38.8 Å². The van der Waals surface area contributed by atoms with Gasteiger partial charge in [0, 0.05) is 18.2 Å². The molecule has 0 radical (unpaired) electrons. The molecule has 0 aliphatic heterocycles. The second-order valence-electron chi connectivity index (χ2n) is 6.21. The third-order valence-electron chi connectivity index (χ3n) is 4.40. The van der Waals surface area contributed by atoms with Crippen LogP contribution >= 0.6 is 0 Å². The minimum atomic E-state index is -0.231. The molecule has 1 aromatic rings. The van der Waals surface area contributed by atoms with Crippen molar-refractivity contribution < 1.29 is 14.3 Å². The van der Waals surface area contributed by atoms with Crippen LogP contribution in [0.25, 0.3) is 0 Å². The molecule has 0 saturated heterocycles. The number of ether oxygens (including phenoxy) is 1. The Morgan fingerprint density at radius 3 is 2.61 bits per heavy atom. The number of aryl methyl sites for hydroxylation is 1. The zero-order valence-corrected chi connectivity index (χ0v) is 14.2. The summed E-state index contributed by atoms with van der Waals surface area (Å²) in [5.74, 6) is -0.199. The van der Waals surface area contributed by atoms with Crippen LogP contribution in [0.5, 0.6) is 0 Å². The summed E-state index contributed by atoms with van der Waals surface area (Å²) in [6.45, 7) is 4.61. The molecule has 126 valence electrons. The number of rotatable bonds is 6. The van der Waals surface area contributed by atoms with Crippen LogP contribution in [-0.2, 0) is 9.53 Å². The third kappa shape index (κ3) is 5.08. The van der Waals surface area contributed by atoms with Gasteiger partial charge in [0.25, 0.3) is 5.91 Å². The molecule has 0 spiro atoms. The van der Waals surface area contributed by atoms with Gasteiger partial charge >= 0.3 is 5.97 Å². The quantitative estimate of drug-likeness (QED) is 0.751. The average Bonchev–Trinajstić information content (AvgIpc) is 2.56. The smallest absolute Gasteiger partial charge is 0.307 e. The van der Waals surface area contributed by atoms with E-state index in [0.29, 0.717) is 18.7 Å². The molecular formula is C19H27NO3. The fourth-order valence-corrected chi connectivity index (χ4v) is 3.23. The van der Waals surface area contributed by atoms with E-state index in [0.717, 1.165) is 31.2 Å². The van der Waals surface area contributed by atoms with E-state index < -0.39 is 0 Å². The van der Waals surface area contributed by atoms with Crippen LogP contribution in [0.4, 0.5) is 0 Å². The van der Waals surface area contributed by atoms with Crippen molar-refractivity contribution in [2.24, 2.45) is 0 Å². The summed E-state index contributed by atoms with van der Waals surface area (Å²) in [5, 5.41) is 0. The van der Waals surface area contributed by atoms with Gasteiger partial charge in [-0.3, -0.25) is 9.59 Å². The highest BCUT2D eigenvalue weighted by Crippen LogP contribution is 2.24. The Balaban J connectivity index is 2.11. The van der Waals surface area contributed by atoms with Crippen molar-refractivity contribution in [1.29, 1.82) is 0 Å². The predicted octanol–water partition coefficient (Wildman–Crippen LogP) is 3.72. The Morgan fingerprint density at radius 2 is 1.96 bits per heavy atom. The number of hydrogen-bond donors (Lipinski definition) is 0. The first kappa shape index (κ1) is 17.5. The maximum Gasteiger partial charge on any atom is 0.307 e. The molecule has 1 saturated carbocycles. The Hall–Kier alpha value is -1.84. The van der Waals surface area contributed by atoms with Crippen molar-refractivity contribution in [2.45, 2.75) is 58.4 Å². The standard InChI is InChI=1S/C19H27NO3/c1-3-23-18(21)12-13-20(17-10-5-4-6-11-17)19(22)16-9-7-8-15(2)14-16/h7-9,14,17H,3-6,10-13H2,1-2H3. The van der Waals surface area contributed by atoms with Gasteiger partial charge in [-0.1, -0.05) is 37.0 Å². The first-order chi connectivity index (χ1) is 11.1. The second kappa shape index (κ2) is 8.70. The van der Waals surface area contributed by atoms with Crippen LogP contribution in [0.2, 0.25) is 0 Å². The molecule has 1 aromatic carbocycles. The highest BCUT2D eigenvalue weighted by molar-refractivity contribution is 5.94. The first-order valence-electron chi connectivity index (χ1n) is 8.65. The SMILES string of the molecule is CCOC(=O)CCN(C(=O)c1cccc(C)c1)C1CCCCC1. The molecule has 0 aromatic heterocycles. The second-order valence-corrected chi connectivity index (χ2v) is 6.21. The normalized spacial score (nSPS) is 15.2. The van der Waals surface area contributed by atoms with Crippen LogP contribution < -0.4 is 0 Å². The molecule has 4 nitrogen and oxygen atoms in total. The molecule has 0 atom stereocenters. The lowest BCUT2D eigenvalue weighted by molar-refractivity contribution is -0.143. The van der Waals surface area contributed by atoms with E-state index in [4.69, 9.17) is 4.74 Å². The summed E-state index contributed by atoms with van der Waals surface area (Å²) in [7, 11) is 0. The third-order valence-corrected chi connectivity index (χ3v) is 4.40. The summed E-state index contributed by atoms with van der Waals surface area (Å²) in [5.41, 5.74) is 1.78. The van der Waals surface area contributed by atoms with Crippen LogP contribution in [0, 0.1) is 6.92 Å². The van der Waals surface area contributed by atoms with Crippen molar-refractivity contribution in [2.75, 3.05) is 13.2 Å². The van der Waals surface area contributed by atoms with E-state index in [1.165, 1.54) is 6.42 Å². The van der Waals surface area contributed by atoms with Crippen molar-refractivity contribution in [3.8, 4) is 0 Å². The van der Waals surface area contributed by atoms with E-state index in [1.807, 2.05) is 36.1 Å². The summed E-state index contributed by atoms with van der Waals surface area (Å²) < 4.78 is 5.01. The van der Waals surface area contributed by atoms with Crippen molar-refractivity contribution >= 4 is 11.9 Å². The predicted molar refractivity (Wildman–Crippen MR) is 90.3 cm³/mol. The fourth-order valence-electron chi connectivity index (χ4n) is 3.23. The molecule has 1 aliphatic rings. The average molecular weight is 317 g/mol. The summed E-state index contributed by atoms with van der Waals surface area (Å²) >= 11 is 0. The molecule has 1 aliphatic carbocycles. The van der Waals surface area contributed by atoms with Crippen molar-refractivity contribution in [3.05, 3.63) is 35.4 Å². The molecule has 1 fully saturated rings. The minimum absolute atomic E-state index is 0.0323. The zero-order chi connectivity index (χ0) is 16.7. The number of benzene rings is 1. The van der Waals surface area contributed by atoms with Gasteiger partial charge in [-0.15, -0.1) is 0 Å². The van der Waals surface area contributed by atoms with Crippen molar-refractivity contribution in [3.63, 3.8) is 0 Å². The van der Waals surface area contributed by atoms with E-state index >= 15 is 0 Å². The Labute approximate surface area is 138 Å². The summed E-state index contributed by atoms with van der Waals surface area (Å²) in [6, 6.07) is 7.91. The fraction of sp³-hybridized carbons (Fsp3) is 0.579. The van der Waals surface area contributed by atoms with Gasteiger partial charge in [-0.25, -0.2) is 0 Å². The largest absolute Gasteiger partial charge is 0.466 e. The lowest BCUT2D eigenvalue weighted by atomic mass is 9.93. The monoisotopic (exact) mass is 317 g/mol. The Kier molecular flexibility index (Phi) is 6.63. The maximum atomic E-state index is 12.9. The number of amides is 1. The number of esters is 1. The number of hydrogen-bond acceptors (Lipinski definition) is 3. The first-order valence-corrected chi connectivity index (χ1v) is 8.65. The van der Waals surface area contributed by atoms with Gasteiger partial charge < -0.3 is 9.64 Å². The lowest BCUT2D eigenvalue weighted by Crippen LogP contribution is -2.42. The van der Waals surface area contributed by atoms with Gasteiger partial charge in [-0.2, -0.15) is 0 Å². The number of carbonyl (C=O) groups excluding carboxylic acids is 2. The van der Waals surface area contributed by atoms with Gasteiger partial charge in [0.1, 0.15) is 0 Å². The summed E-state index contributed by atoms with van der Waals surface area (Å²) in [6.07, 6.45) is 5.87. The summed E-state index contributed by atoms with van der Waals surface area (Å²) in [4.78, 5) is 26.5. The van der Waals surface area contributed by atoms with Gasteiger partial charge in [0.05, 0.1) is 13.0 Å². The Morgan fingerprint density at radius 1 is 1.22 bits per heavy atom. The van der Waals surface area contributed by atoms with Crippen molar-refractivity contribution in [1.82, 2.24) is 4.90 Å². The topological polar surface area (TPSA) is 46.6 Å². The zero-order valence-electron chi connectivity index (χ0n) is 14.2. The molecule has 0 unspecified atom stereocenters. The minimum Gasteiger partial charge on any atom is -0.466 e. The molecule has 2 rings (SSSR count). The van der Waals surface area contributed by atoms with Crippen LogP contribution in [0.1, 0.15) is 61.4 Å². The highest BCUT2D eigenvalue weighted by atomic mass is 16.5. The van der Waals surface area contributed by atoms with Crippen LogP contribution in [0.3, 0.4) is 0 Å². The van der Waals surface area contributed by atoms with Crippen LogP contribution in [-0.4, -0.2) is 36.0 Å². The lowest BCUT2D eigenvalue weighted by Gasteiger charge is -2.34. The van der Waals surface area contributed by atoms with Crippen LogP contribution in [0.15, 0.2) is 24.3 Å². The molecule has 0 bridgehead atoms. The van der Waals surface area contributed by atoms with Gasteiger partial charge in [0.2, 0.25) is 0 Å². The molecular weight excluding hydrogens is 290 g/mol. The molecule has 0 heterocycles. The van der Waals surface area contributed by atoms with E-state index in [1.54, 1.807) is 6.92 Å². The number of nitrogens with zero attached hydrogens (tertiary/aromatic N) is 1. The van der Waals surface area contributed by atoms with E-state index in [9.17, 15) is 9.59 Å². The molecule has 4 heteroatoms. The van der Waals surface area contributed by atoms with E-state index in [2.05, 4.69) is 0 Å². The maximum absolute atomic E-state index is 12.9. The molecule has 1 amide bonds. The van der Waals surface area contributed by atoms with Gasteiger partial charge in [0.15, 0.2) is 0 Å². The highest BCUT2D eigenvalue weighted by Gasteiger charge is 2.26. The number of carbonyl (C=O) groups is 2. The van der Waals surface area contributed by atoms with E-state index in [-0.39, 0.29) is 24.3 Å². The molecule has 23 heavy (non-hydrogen) atoms. The Bertz CT molecular complexity index is 535.